The highest BCUT2D eigenvalue weighted by Gasteiger charge is 1.98. The monoisotopic (exact) mass is 172 g/mol. The average molecular weight is 172 g/mol. The fraction of sp³-hybridized carbons (Fsp3) is 0.182. The number of aryl methyl sites for hydroxylation is 2. The summed E-state index contributed by atoms with van der Waals surface area (Å²) < 4.78 is 2.20. The highest BCUT2D eigenvalue weighted by atomic mass is 14.9. The first kappa shape index (κ1) is 9.34. The summed E-state index contributed by atoms with van der Waals surface area (Å²) in [6.07, 6.45) is 0. The summed E-state index contributed by atoms with van der Waals surface area (Å²) in [7, 11) is 2.09. The summed E-state index contributed by atoms with van der Waals surface area (Å²) >= 11 is 0. The molecule has 66 valence electrons. The standard InChI is InChI=1S/C10H11N.CHN/c1-8-7-9-5-3-4-6-10(9)11(8)2;1-2/h3-7H,1-2H3;1H. The molecule has 0 fully saturated rings. The first-order valence-corrected chi connectivity index (χ1v) is 4.06. The molecule has 13 heavy (non-hydrogen) atoms. The third kappa shape index (κ3) is 1.54. The summed E-state index contributed by atoms with van der Waals surface area (Å²) in [4.78, 5) is 0. The second kappa shape index (κ2) is 3.77. The van der Waals surface area contributed by atoms with E-state index in [1.165, 1.54) is 16.6 Å². The predicted molar refractivity (Wildman–Crippen MR) is 54.3 cm³/mol. The Balaban J connectivity index is 0.000000396. The number of aromatic nitrogens is 1. The largest absolute Gasteiger partial charge is 0.348 e. The van der Waals surface area contributed by atoms with Crippen LogP contribution in [0.3, 0.4) is 0 Å². The van der Waals surface area contributed by atoms with Crippen LogP contribution in [0.2, 0.25) is 0 Å². The maximum absolute atomic E-state index is 6.50. The van der Waals surface area contributed by atoms with Gasteiger partial charge in [-0.2, -0.15) is 0 Å². The van der Waals surface area contributed by atoms with E-state index in [2.05, 4.69) is 55.4 Å². The maximum Gasteiger partial charge on any atom is 0.0479 e. The Morgan fingerprint density at radius 3 is 2.46 bits per heavy atom. The summed E-state index contributed by atoms with van der Waals surface area (Å²) in [6, 6.07) is 10.6. The quantitative estimate of drug-likeness (QED) is 0.600. The van der Waals surface area contributed by atoms with Gasteiger partial charge in [-0.25, -0.2) is 5.26 Å². The van der Waals surface area contributed by atoms with Gasteiger partial charge in [-0.05, 0) is 24.4 Å². The van der Waals surface area contributed by atoms with Crippen molar-refractivity contribution in [2.45, 2.75) is 6.92 Å². The molecule has 0 aliphatic rings. The van der Waals surface area contributed by atoms with Crippen molar-refractivity contribution < 1.29 is 0 Å². The third-order valence-corrected chi connectivity index (χ3v) is 2.19. The zero-order valence-corrected chi connectivity index (χ0v) is 7.86. The number of rotatable bonds is 0. The fourth-order valence-electron chi connectivity index (χ4n) is 1.43. The summed E-state index contributed by atoms with van der Waals surface area (Å²) in [5.41, 5.74) is 2.62. The maximum atomic E-state index is 6.50. The van der Waals surface area contributed by atoms with Crippen LogP contribution in [-0.2, 0) is 7.05 Å². The van der Waals surface area contributed by atoms with Crippen molar-refractivity contribution in [1.29, 1.82) is 5.26 Å². The summed E-state index contributed by atoms with van der Waals surface area (Å²) in [5, 5.41) is 7.83. The van der Waals surface area contributed by atoms with Gasteiger partial charge in [-0.3, -0.25) is 0 Å². The molecule has 0 aliphatic heterocycles. The number of para-hydroxylation sites is 1. The molecule has 2 rings (SSSR count). The molecule has 0 saturated carbocycles. The normalized spacial score (nSPS) is 9.23. The van der Waals surface area contributed by atoms with Gasteiger partial charge in [0.15, 0.2) is 0 Å². The van der Waals surface area contributed by atoms with E-state index in [0.717, 1.165) is 0 Å². The third-order valence-electron chi connectivity index (χ3n) is 2.19. The second-order valence-electron chi connectivity index (χ2n) is 2.90. The lowest BCUT2D eigenvalue weighted by molar-refractivity contribution is 0.918. The molecule has 1 aromatic heterocycles. The van der Waals surface area contributed by atoms with Crippen LogP contribution in [-0.4, -0.2) is 4.57 Å². The molecule has 0 amide bonds. The Morgan fingerprint density at radius 1 is 1.23 bits per heavy atom. The fourth-order valence-corrected chi connectivity index (χ4v) is 1.43. The van der Waals surface area contributed by atoms with Crippen LogP contribution in [0.15, 0.2) is 30.3 Å². The van der Waals surface area contributed by atoms with Crippen LogP contribution in [0.25, 0.3) is 10.9 Å². The van der Waals surface area contributed by atoms with Crippen LogP contribution in [0.1, 0.15) is 5.69 Å². The van der Waals surface area contributed by atoms with Crippen LogP contribution < -0.4 is 0 Å². The minimum absolute atomic E-state index is 1.31. The molecule has 0 radical (unpaired) electrons. The van der Waals surface area contributed by atoms with E-state index in [-0.39, 0.29) is 0 Å². The number of hydrogen-bond donors (Lipinski definition) is 0. The average Bonchev–Trinajstić information content (AvgIpc) is 2.47. The lowest BCUT2D eigenvalue weighted by Gasteiger charge is -1.96. The molecule has 0 saturated heterocycles. The Labute approximate surface area is 78.0 Å². The van der Waals surface area contributed by atoms with Crippen LogP contribution in [0.4, 0.5) is 0 Å². The van der Waals surface area contributed by atoms with Crippen molar-refractivity contribution in [2.24, 2.45) is 7.05 Å². The van der Waals surface area contributed by atoms with Crippen molar-refractivity contribution in [1.82, 2.24) is 4.57 Å². The lowest BCUT2D eigenvalue weighted by Crippen LogP contribution is -1.88. The van der Waals surface area contributed by atoms with Crippen molar-refractivity contribution >= 4 is 10.9 Å². The van der Waals surface area contributed by atoms with Crippen LogP contribution in [0.5, 0.6) is 0 Å². The van der Waals surface area contributed by atoms with E-state index in [4.69, 9.17) is 5.26 Å². The summed E-state index contributed by atoms with van der Waals surface area (Å²) in [5.74, 6) is 0. The van der Waals surface area contributed by atoms with Crippen molar-refractivity contribution in [3.8, 4) is 6.57 Å². The molecule has 0 atom stereocenters. The number of nitriles is 1. The zero-order valence-electron chi connectivity index (χ0n) is 7.86. The van der Waals surface area contributed by atoms with E-state index >= 15 is 0 Å². The second-order valence-corrected chi connectivity index (χ2v) is 2.90. The van der Waals surface area contributed by atoms with Gasteiger partial charge < -0.3 is 4.57 Å². The van der Waals surface area contributed by atoms with Gasteiger partial charge in [-0.15, -0.1) is 0 Å². The smallest absolute Gasteiger partial charge is 0.0479 e. The first-order valence-electron chi connectivity index (χ1n) is 4.06. The predicted octanol–water partition coefficient (Wildman–Crippen LogP) is 2.63. The van der Waals surface area contributed by atoms with Crippen LogP contribution >= 0.6 is 0 Å². The molecular formula is C11H12N2. The van der Waals surface area contributed by atoms with E-state index in [1.54, 1.807) is 0 Å². The number of nitrogens with zero attached hydrogens (tertiary/aromatic N) is 2. The van der Waals surface area contributed by atoms with E-state index in [1.807, 2.05) is 0 Å². The van der Waals surface area contributed by atoms with Gasteiger partial charge in [0, 0.05) is 24.8 Å². The van der Waals surface area contributed by atoms with Gasteiger partial charge >= 0.3 is 0 Å². The van der Waals surface area contributed by atoms with Crippen LogP contribution in [0, 0.1) is 18.8 Å². The molecule has 0 spiro atoms. The molecule has 0 unspecified atom stereocenters. The van der Waals surface area contributed by atoms with Gasteiger partial charge in [0.05, 0.1) is 0 Å². The Morgan fingerprint density at radius 2 is 1.85 bits per heavy atom. The number of benzene rings is 1. The van der Waals surface area contributed by atoms with Crippen molar-refractivity contribution in [3.05, 3.63) is 36.0 Å². The molecule has 2 heteroatoms. The van der Waals surface area contributed by atoms with Gasteiger partial charge in [0.25, 0.3) is 0 Å². The van der Waals surface area contributed by atoms with Gasteiger partial charge in [0.2, 0.25) is 0 Å². The SMILES string of the molecule is C#N.Cc1cc2ccccc2n1C. The molecule has 2 nitrogen and oxygen atoms in total. The number of fused-ring (bicyclic) bond motifs is 1. The van der Waals surface area contributed by atoms with E-state index in [0.29, 0.717) is 0 Å². The number of hydrogen-bond acceptors (Lipinski definition) is 1. The Kier molecular flexibility index (Phi) is 2.71. The van der Waals surface area contributed by atoms with Crippen molar-refractivity contribution in [2.75, 3.05) is 0 Å². The highest BCUT2D eigenvalue weighted by molar-refractivity contribution is 5.80. The Bertz CT molecular complexity index is 424. The molecule has 1 heterocycles. The van der Waals surface area contributed by atoms with E-state index < -0.39 is 0 Å². The molecular weight excluding hydrogens is 160 g/mol. The minimum atomic E-state index is 1.31. The first-order chi connectivity index (χ1) is 6.29. The lowest BCUT2D eigenvalue weighted by atomic mass is 10.2. The van der Waals surface area contributed by atoms with Gasteiger partial charge in [0.1, 0.15) is 0 Å². The highest BCUT2D eigenvalue weighted by Crippen LogP contribution is 2.16. The van der Waals surface area contributed by atoms with E-state index in [9.17, 15) is 0 Å². The minimum Gasteiger partial charge on any atom is -0.348 e. The Hall–Kier alpha value is -1.75. The summed E-state index contributed by atoms with van der Waals surface area (Å²) in [6.45, 7) is 5.62. The zero-order chi connectivity index (χ0) is 9.84. The molecule has 0 bridgehead atoms. The molecule has 2 aromatic rings. The molecule has 1 aromatic carbocycles. The van der Waals surface area contributed by atoms with Crippen molar-refractivity contribution in [3.63, 3.8) is 0 Å². The molecule has 0 N–H and O–H groups in total. The molecule has 0 aliphatic carbocycles. The topological polar surface area (TPSA) is 28.7 Å². The van der Waals surface area contributed by atoms with Gasteiger partial charge in [-0.1, -0.05) is 18.2 Å².